The predicted molar refractivity (Wildman–Crippen MR) is 126 cm³/mol. The Morgan fingerprint density at radius 1 is 0.848 bits per heavy atom. The Bertz CT molecular complexity index is 1310. The maximum Gasteiger partial charge on any atom is 0.261 e. The van der Waals surface area contributed by atoms with E-state index in [0.29, 0.717) is 18.8 Å². The Hall–Kier alpha value is -4.13. The second kappa shape index (κ2) is 9.16. The zero-order chi connectivity index (χ0) is 22.6. The zero-order valence-corrected chi connectivity index (χ0v) is 18.5. The van der Waals surface area contributed by atoms with Gasteiger partial charge in [0.2, 0.25) is 0 Å². The van der Waals surface area contributed by atoms with Gasteiger partial charge in [-0.25, -0.2) is 9.97 Å². The van der Waals surface area contributed by atoms with E-state index < -0.39 is 0 Å². The van der Waals surface area contributed by atoms with E-state index in [2.05, 4.69) is 16.9 Å². The number of hydrogen-bond acceptors (Lipinski definition) is 4. The molecule has 7 nitrogen and oxygen atoms in total. The van der Waals surface area contributed by atoms with Gasteiger partial charge >= 0.3 is 0 Å². The molecule has 0 unspecified atom stereocenters. The number of fused-ring (bicyclic) bond motifs is 2. The molecule has 0 saturated heterocycles. The third kappa shape index (κ3) is 4.43. The standard InChI is InChI=1S/C26H25N5O2/c1-2-20-9-11-23(12-10-20)33-19-26(32)29(17-21-15-27-24-7-3-5-13-30(21)24)18-22-16-28-25-8-4-6-14-31(22)25/h3-16H,2,17-19H2,1H3. The van der Waals surface area contributed by atoms with E-state index in [-0.39, 0.29) is 12.5 Å². The van der Waals surface area contributed by atoms with Gasteiger partial charge in [0.25, 0.3) is 5.91 Å². The van der Waals surface area contributed by atoms with Crippen LogP contribution in [0.2, 0.25) is 0 Å². The summed E-state index contributed by atoms with van der Waals surface area (Å²) in [7, 11) is 0. The molecule has 0 bridgehead atoms. The average Bonchev–Trinajstić information content (AvgIpc) is 3.47. The molecule has 1 amide bonds. The van der Waals surface area contributed by atoms with E-state index in [1.54, 1.807) is 4.90 Å². The van der Waals surface area contributed by atoms with Crippen molar-refractivity contribution in [1.29, 1.82) is 0 Å². The molecule has 5 rings (SSSR count). The Balaban J connectivity index is 1.39. The molecule has 33 heavy (non-hydrogen) atoms. The highest BCUT2D eigenvalue weighted by Crippen LogP contribution is 2.16. The number of carbonyl (C=O) groups excluding carboxylic acids is 1. The third-order valence-electron chi connectivity index (χ3n) is 5.74. The van der Waals surface area contributed by atoms with E-state index in [0.717, 1.165) is 29.1 Å². The fraction of sp³-hybridized carbons (Fsp3) is 0.192. The van der Waals surface area contributed by atoms with Gasteiger partial charge in [-0.1, -0.05) is 31.2 Å². The number of benzene rings is 1. The summed E-state index contributed by atoms with van der Waals surface area (Å²) in [6.07, 6.45) is 8.51. The minimum Gasteiger partial charge on any atom is -0.484 e. The van der Waals surface area contributed by atoms with Crippen LogP contribution in [-0.2, 0) is 24.3 Å². The van der Waals surface area contributed by atoms with Crippen LogP contribution in [0.1, 0.15) is 23.9 Å². The van der Waals surface area contributed by atoms with Gasteiger partial charge in [-0.3, -0.25) is 4.79 Å². The van der Waals surface area contributed by atoms with E-state index in [1.807, 2.05) is 94.3 Å². The lowest BCUT2D eigenvalue weighted by molar-refractivity contribution is -0.134. The average molecular weight is 440 g/mol. The first-order chi connectivity index (χ1) is 16.2. The van der Waals surface area contributed by atoms with Crippen molar-refractivity contribution in [1.82, 2.24) is 23.7 Å². The lowest BCUT2D eigenvalue weighted by atomic mass is 10.2. The molecule has 0 aliphatic heterocycles. The highest BCUT2D eigenvalue weighted by molar-refractivity contribution is 5.77. The number of nitrogens with zero attached hydrogens (tertiary/aromatic N) is 5. The summed E-state index contributed by atoms with van der Waals surface area (Å²) < 4.78 is 9.82. The third-order valence-corrected chi connectivity index (χ3v) is 5.74. The Labute approximate surface area is 191 Å². The van der Waals surface area contributed by atoms with Crippen molar-refractivity contribution in [2.45, 2.75) is 26.4 Å². The molecule has 4 heterocycles. The van der Waals surface area contributed by atoms with Crippen LogP contribution in [0.15, 0.2) is 85.5 Å². The van der Waals surface area contributed by atoms with Gasteiger partial charge in [0.1, 0.15) is 17.0 Å². The summed E-state index contributed by atoms with van der Waals surface area (Å²) >= 11 is 0. The Morgan fingerprint density at radius 2 is 1.42 bits per heavy atom. The maximum atomic E-state index is 13.3. The molecule has 0 radical (unpaired) electrons. The van der Waals surface area contributed by atoms with Gasteiger partial charge in [-0.2, -0.15) is 0 Å². The van der Waals surface area contributed by atoms with Gasteiger partial charge in [-0.05, 0) is 48.4 Å². The topological polar surface area (TPSA) is 64.1 Å². The quantitative estimate of drug-likeness (QED) is 0.364. The molecule has 0 N–H and O–H groups in total. The number of pyridine rings is 2. The summed E-state index contributed by atoms with van der Waals surface area (Å²) in [5.41, 5.74) is 4.79. The first-order valence-corrected chi connectivity index (χ1v) is 11.0. The van der Waals surface area contributed by atoms with Crippen LogP contribution < -0.4 is 4.74 Å². The molecule has 0 saturated carbocycles. The van der Waals surface area contributed by atoms with Crippen LogP contribution in [0.25, 0.3) is 11.3 Å². The minimum absolute atomic E-state index is 0.0427. The van der Waals surface area contributed by atoms with Crippen LogP contribution >= 0.6 is 0 Å². The zero-order valence-electron chi connectivity index (χ0n) is 18.5. The number of aryl methyl sites for hydroxylation is 1. The van der Waals surface area contributed by atoms with Crippen LogP contribution in [0.4, 0.5) is 0 Å². The number of imidazole rings is 2. The number of rotatable bonds is 8. The number of hydrogen-bond donors (Lipinski definition) is 0. The molecular weight excluding hydrogens is 414 g/mol. The summed E-state index contributed by atoms with van der Waals surface area (Å²) in [6.45, 7) is 2.88. The molecule has 166 valence electrons. The largest absolute Gasteiger partial charge is 0.484 e. The van der Waals surface area contributed by atoms with Gasteiger partial charge < -0.3 is 18.4 Å². The molecule has 0 aliphatic rings. The molecule has 7 heteroatoms. The maximum absolute atomic E-state index is 13.3. The van der Waals surface area contributed by atoms with Gasteiger partial charge in [0.15, 0.2) is 6.61 Å². The monoisotopic (exact) mass is 439 g/mol. The van der Waals surface area contributed by atoms with Crippen LogP contribution in [0.5, 0.6) is 5.75 Å². The fourth-order valence-corrected chi connectivity index (χ4v) is 3.89. The van der Waals surface area contributed by atoms with Crippen LogP contribution in [0, 0.1) is 0 Å². The lowest BCUT2D eigenvalue weighted by Gasteiger charge is -2.22. The van der Waals surface area contributed by atoms with Crippen molar-refractivity contribution in [3.63, 3.8) is 0 Å². The molecule has 0 spiro atoms. The normalized spacial score (nSPS) is 11.2. The van der Waals surface area contributed by atoms with Crippen molar-refractivity contribution in [2.75, 3.05) is 6.61 Å². The van der Waals surface area contributed by atoms with Crippen molar-refractivity contribution in [3.8, 4) is 5.75 Å². The van der Waals surface area contributed by atoms with Crippen LogP contribution in [-0.4, -0.2) is 36.2 Å². The molecule has 0 atom stereocenters. The summed E-state index contributed by atoms with van der Waals surface area (Å²) in [6, 6.07) is 19.6. The summed E-state index contributed by atoms with van der Waals surface area (Å²) in [5, 5.41) is 0. The van der Waals surface area contributed by atoms with Crippen molar-refractivity contribution < 1.29 is 9.53 Å². The summed E-state index contributed by atoms with van der Waals surface area (Å²) in [4.78, 5) is 24.0. The van der Waals surface area contributed by atoms with E-state index in [1.165, 1.54) is 5.56 Å². The Kier molecular flexibility index (Phi) is 5.76. The van der Waals surface area contributed by atoms with Crippen molar-refractivity contribution >= 4 is 17.2 Å². The first-order valence-electron chi connectivity index (χ1n) is 11.0. The fourth-order valence-electron chi connectivity index (χ4n) is 3.89. The number of aromatic nitrogens is 4. The second-order valence-corrected chi connectivity index (χ2v) is 7.89. The molecule has 1 aromatic carbocycles. The molecule has 0 fully saturated rings. The van der Waals surface area contributed by atoms with Crippen molar-refractivity contribution in [3.05, 3.63) is 102 Å². The Morgan fingerprint density at radius 3 is 1.97 bits per heavy atom. The number of amides is 1. The molecular formula is C26H25N5O2. The van der Waals surface area contributed by atoms with Crippen molar-refractivity contribution in [2.24, 2.45) is 0 Å². The van der Waals surface area contributed by atoms with E-state index >= 15 is 0 Å². The van der Waals surface area contributed by atoms with E-state index in [4.69, 9.17) is 4.74 Å². The SMILES string of the molecule is CCc1ccc(OCC(=O)N(Cc2cnc3ccccn23)Cc2cnc3ccccn23)cc1. The van der Waals surface area contributed by atoms with Crippen LogP contribution in [0.3, 0.4) is 0 Å². The number of carbonyl (C=O) groups is 1. The van der Waals surface area contributed by atoms with Gasteiger partial charge in [0, 0.05) is 12.4 Å². The lowest BCUT2D eigenvalue weighted by Crippen LogP contribution is -2.34. The summed E-state index contributed by atoms with van der Waals surface area (Å²) in [5.74, 6) is 0.580. The molecule has 4 aromatic heterocycles. The molecule has 5 aromatic rings. The number of ether oxygens (including phenoxy) is 1. The second-order valence-electron chi connectivity index (χ2n) is 7.89. The highest BCUT2D eigenvalue weighted by atomic mass is 16.5. The van der Waals surface area contributed by atoms with E-state index in [9.17, 15) is 4.79 Å². The predicted octanol–water partition coefficient (Wildman–Crippen LogP) is 4.15. The van der Waals surface area contributed by atoms with Gasteiger partial charge in [-0.15, -0.1) is 0 Å². The minimum atomic E-state index is -0.105. The highest BCUT2D eigenvalue weighted by Gasteiger charge is 2.19. The molecule has 0 aliphatic carbocycles. The first kappa shape index (κ1) is 20.8. The smallest absolute Gasteiger partial charge is 0.261 e. The van der Waals surface area contributed by atoms with Gasteiger partial charge in [0.05, 0.1) is 36.9 Å².